The molecule has 0 fully saturated rings. The normalized spacial score (nSPS) is 11.4. The zero-order valence-corrected chi connectivity index (χ0v) is 8.43. The van der Waals surface area contributed by atoms with Gasteiger partial charge in [-0.1, -0.05) is 13.0 Å². The molecule has 1 aromatic rings. The molecule has 0 atom stereocenters. The van der Waals surface area contributed by atoms with E-state index in [0.29, 0.717) is 18.5 Å². The maximum Gasteiger partial charge on any atom is 0.333 e. The molecule has 0 spiro atoms. The molecule has 14 heavy (non-hydrogen) atoms. The Bertz CT molecular complexity index is 315. The van der Waals surface area contributed by atoms with Crippen molar-refractivity contribution in [3.05, 3.63) is 30.1 Å². The van der Waals surface area contributed by atoms with Crippen LogP contribution in [-0.4, -0.2) is 22.9 Å². The van der Waals surface area contributed by atoms with Gasteiger partial charge in [0.05, 0.1) is 13.7 Å². The number of ether oxygens (including phenoxy) is 1. The number of hydrogen-bond acceptors (Lipinski definition) is 3. The third-order valence-electron chi connectivity index (χ3n) is 1.91. The molecular weight excluding hydrogens is 180 g/mol. The highest BCUT2D eigenvalue weighted by Crippen LogP contribution is 2.03. The average molecular weight is 194 g/mol. The van der Waals surface area contributed by atoms with Crippen molar-refractivity contribution in [3.63, 3.8) is 0 Å². The number of esters is 1. The monoisotopic (exact) mass is 194 g/mol. The summed E-state index contributed by atoms with van der Waals surface area (Å²) in [5.41, 5.74) is 0.683. The lowest BCUT2D eigenvalue weighted by molar-refractivity contribution is -0.136. The van der Waals surface area contributed by atoms with Gasteiger partial charge in [0.15, 0.2) is 0 Å². The van der Waals surface area contributed by atoms with Gasteiger partial charge < -0.3 is 4.74 Å². The lowest BCUT2D eigenvalue weighted by Crippen LogP contribution is -2.06. The van der Waals surface area contributed by atoms with Crippen molar-refractivity contribution in [2.45, 2.75) is 19.9 Å². The number of nitrogens with zero attached hydrogens (tertiary/aromatic N) is 2. The molecule has 0 unspecified atom stereocenters. The number of hydrogen-bond donors (Lipinski definition) is 0. The molecular formula is C10H14N2O2. The fourth-order valence-corrected chi connectivity index (χ4v) is 1.12. The van der Waals surface area contributed by atoms with Crippen LogP contribution in [0.3, 0.4) is 0 Å². The van der Waals surface area contributed by atoms with E-state index >= 15 is 0 Å². The van der Waals surface area contributed by atoms with Crippen molar-refractivity contribution in [3.8, 4) is 0 Å². The van der Waals surface area contributed by atoms with Crippen LogP contribution in [0, 0.1) is 0 Å². The molecule has 0 aliphatic heterocycles. The van der Waals surface area contributed by atoms with Gasteiger partial charge in [-0.05, 0) is 12.5 Å². The Morgan fingerprint density at radius 2 is 2.43 bits per heavy atom. The molecule has 0 radical (unpaired) electrons. The minimum atomic E-state index is -0.264. The maximum atomic E-state index is 11.2. The van der Waals surface area contributed by atoms with Gasteiger partial charge in [-0.25, -0.2) is 4.79 Å². The van der Waals surface area contributed by atoms with E-state index in [0.717, 1.165) is 0 Å². The van der Waals surface area contributed by atoms with Crippen LogP contribution in [0.5, 0.6) is 0 Å². The standard InChI is InChI=1S/C10H14N2O2/c1-3-9(10(13)14-2)5-8-12-7-4-6-11-12/h4-7H,3,8H2,1-2H3. The molecule has 0 amide bonds. The molecule has 1 aromatic heterocycles. The fraction of sp³-hybridized carbons (Fsp3) is 0.400. The number of allylic oxidation sites excluding steroid dienone is 1. The van der Waals surface area contributed by atoms with Crippen molar-refractivity contribution < 1.29 is 9.53 Å². The van der Waals surface area contributed by atoms with Crippen LogP contribution in [-0.2, 0) is 16.1 Å². The van der Waals surface area contributed by atoms with Crippen LogP contribution in [0.15, 0.2) is 30.1 Å². The van der Waals surface area contributed by atoms with Crippen LogP contribution >= 0.6 is 0 Å². The van der Waals surface area contributed by atoms with Crippen LogP contribution in [0.25, 0.3) is 0 Å². The third kappa shape index (κ3) is 2.73. The number of methoxy groups -OCH3 is 1. The van der Waals surface area contributed by atoms with E-state index in [-0.39, 0.29) is 5.97 Å². The molecule has 0 saturated heterocycles. The summed E-state index contributed by atoms with van der Waals surface area (Å²) < 4.78 is 6.38. The van der Waals surface area contributed by atoms with E-state index in [1.54, 1.807) is 10.9 Å². The predicted octanol–water partition coefficient (Wildman–Crippen LogP) is 1.39. The summed E-state index contributed by atoms with van der Waals surface area (Å²) in [6.45, 7) is 2.52. The summed E-state index contributed by atoms with van der Waals surface area (Å²) >= 11 is 0. The Hall–Kier alpha value is -1.58. The Balaban J connectivity index is 2.61. The van der Waals surface area contributed by atoms with Gasteiger partial charge in [-0.15, -0.1) is 0 Å². The van der Waals surface area contributed by atoms with Crippen LogP contribution < -0.4 is 0 Å². The number of rotatable bonds is 4. The van der Waals surface area contributed by atoms with E-state index in [2.05, 4.69) is 9.84 Å². The Kier molecular flexibility index (Phi) is 3.91. The van der Waals surface area contributed by atoms with Gasteiger partial charge in [0.25, 0.3) is 0 Å². The smallest absolute Gasteiger partial charge is 0.333 e. The first-order valence-corrected chi connectivity index (χ1v) is 4.52. The fourth-order valence-electron chi connectivity index (χ4n) is 1.12. The van der Waals surface area contributed by atoms with Gasteiger partial charge in [0.2, 0.25) is 0 Å². The lowest BCUT2D eigenvalue weighted by atomic mass is 10.2. The van der Waals surface area contributed by atoms with E-state index in [1.807, 2.05) is 25.3 Å². The first-order chi connectivity index (χ1) is 6.77. The molecule has 1 heterocycles. The Morgan fingerprint density at radius 1 is 1.64 bits per heavy atom. The second-order valence-electron chi connectivity index (χ2n) is 2.80. The van der Waals surface area contributed by atoms with Crippen molar-refractivity contribution in [2.24, 2.45) is 0 Å². The molecule has 0 aromatic carbocycles. The first-order valence-electron chi connectivity index (χ1n) is 4.52. The van der Waals surface area contributed by atoms with Gasteiger partial charge in [-0.3, -0.25) is 4.68 Å². The summed E-state index contributed by atoms with van der Waals surface area (Å²) in [5, 5.41) is 4.03. The summed E-state index contributed by atoms with van der Waals surface area (Å²) in [7, 11) is 1.39. The van der Waals surface area contributed by atoms with Gasteiger partial charge in [0, 0.05) is 18.0 Å². The summed E-state index contributed by atoms with van der Waals surface area (Å²) in [4.78, 5) is 11.2. The minimum absolute atomic E-state index is 0.264. The van der Waals surface area contributed by atoms with E-state index in [9.17, 15) is 4.79 Å². The highest BCUT2D eigenvalue weighted by Gasteiger charge is 2.05. The molecule has 76 valence electrons. The SMILES string of the molecule is CCC(=CCn1cccn1)C(=O)OC. The lowest BCUT2D eigenvalue weighted by Gasteiger charge is -2.02. The zero-order valence-electron chi connectivity index (χ0n) is 8.43. The highest BCUT2D eigenvalue weighted by atomic mass is 16.5. The summed E-state index contributed by atoms with van der Waals surface area (Å²) in [5.74, 6) is -0.264. The number of carbonyl (C=O) groups excluding carboxylic acids is 1. The van der Waals surface area contributed by atoms with E-state index in [1.165, 1.54) is 7.11 Å². The number of aromatic nitrogens is 2. The topological polar surface area (TPSA) is 44.1 Å². The Morgan fingerprint density at radius 3 is 2.93 bits per heavy atom. The molecule has 0 aliphatic rings. The van der Waals surface area contributed by atoms with Crippen LogP contribution in [0.1, 0.15) is 13.3 Å². The van der Waals surface area contributed by atoms with Crippen molar-refractivity contribution >= 4 is 5.97 Å². The maximum absolute atomic E-state index is 11.2. The predicted molar refractivity (Wildman–Crippen MR) is 52.6 cm³/mol. The van der Waals surface area contributed by atoms with Gasteiger partial charge in [-0.2, -0.15) is 5.10 Å². The molecule has 0 aliphatic carbocycles. The van der Waals surface area contributed by atoms with E-state index in [4.69, 9.17) is 0 Å². The Labute approximate surface area is 83.2 Å². The molecule has 1 rings (SSSR count). The summed E-state index contributed by atoms with van der Waals surface area (Å²) in [6.07, 6.45) is 6.06. The third-order valence-corrected chi connectivity index (χ3v) is 1.91. The van der Waals surface area contributed by atoms with Crippen LogP contribution in [0.4, 0.5) is 0 Å². The summed E-state index contributed by atoms with van der Waals surface area (Å²) in [6, 6.07) is 1.84. The molecule has 0 N–H and O–H groups in total. The molecule has 4 heteroatoms. The first kappa shape index (κ1) is 10.5. The van der Waals surface area contributed by atoms with Gasteiger partial charge in [0.1, 0.15) is 0 Å². The highest BCUT2D eigenvalue weighted by molar-refractivity contribution is 5.88. The largest absolute Gasteiger partial charge is 0.466 e. The quantitative estimate of drug-likeness (QED) is 0.537. The molecule has 0 saturated carbocycles. The van der Waals surface area contributed by atoms with Gasteiger partial charge >= 0.3 is 5.97 Å². The van der Waals surface area contributed by atoms with Crippen LogP contribution in [0.2, 0.25) is 0 Å². The van der Waals surface area contributed by atoms with E-state index < -0.39 is 0 Å². The molecule has 0 bridgehead atoms. The second-order valence-corrected chi connectivity index (χ2v) is 2.80. The molecule has 4 nitrogen and oxygen atoms in total. The van der Waals surface area contributed by atoms with Crippen molar-refractivity contribution in [1.82, 2.24) is 9.78 Å². The van der Waals surface area contributed by atoms with Crippen molar-refractivity contribution in [2.75, 3.05) is 7.11 Å². The number of carbonyl (C=O) groups is 1. The minimum Gasteiger partial charge on any atom is -0.466 e. The average Bonchev–Trinajstić information content (AvgIpc) is 2.71. The second kappa shape index (κ2) is 5.21. The van der Waals surface area contributed by atoms with Crippen molar-refractivity contribution in [1.29, 1.82) is 0 Å². The zero-order chi connectivity index (χ0) is 10.4.